The molecule has 1 saturated carbocycles. The molecule has 1 fully saturated rings. The zero-order valence-electron chi connectivity index (χ0n) is 11.9. The van der Waals surface area contributed by atoms with Crippen LogP contribution in [0.2, 0.25) is 0 Å². The van der Waals surface area contributed by atoms with Gasteiger partial charge in [-0.1, -0.05) is 13.8 Å². The molecule has 0 heterocycles. The van der Waals surface area contributed by atoms with Crippen molar-refractivity contribution < 1.29 is 14.3 Å². The molecule has 0 aromatic rings. The average Bonchev–Trinajstić information content (AvgIpc) is 2.38. The van der Waals surface area contributed by atoms with Gasteiger partial charge in [0, 0.05) is 6.04 Å². The molecule has 0 aliphatic heterocycles. The van der Waals surface area contributed by atoms with E-state index in [0.717, 1.165) is 32.2 Å². The maximum absolute atomic E-state index is 11.7. The van der Waals surface area contributed by atoms with Crippen molar-refractivity contribution in [2.45, 2.75) is 71.1 Å². The zero-order chi connectivity index (χ0) is 13.4. The largest absolute Gasteiger partial charge is 0.464 e. The van der Waals surface area contributed by atoms with Crippen molar-refractivity contribution in [1.29, 1.82) is 0 Å². The van der Waals surface area contributed by atoms with Crippen LogP contribution in [0.4, 0.5) is 0 Å². The highest BCUT2D eigenvalue weighted by atomic mass is 16.6. The Morgan fingerprint density at radius 3 is 2.39 bits per heavy atom. The highest BCUT2D eigenvalue weighted by molar-refractivity contribution is 5.74. The van der Waals surface area contributed by atoms with E-state index in [9.17, 15) is 4.79 Å². The molecule has 18 heavy (non-hydrogen) atoms. The van der Waals surface area contributed by atoms with Crippen molar-refractivity contribution >= 4 is 5.97 Å². The second-order valence-electron chi connectivity index (χ2n) is 4.82. The van der Waals surface area contributed by atoms with Gasteiger partial charge >= 0.3 is 5.97 Å². The summed E-state index contributed by atoms with van der Waals surface area (Å²) in [6, 6.07) is 0.623. The Bertz CT molecular complexity index is 237. The predicted molar refractivity (Wildman–Crippen MR) is 71.5 cm³/mol. The molecule has 1 unspecified atom stereocenters. The second kappa shape index (κ2) is 8.48. The van der Waals surface area contributed by atoms with Crippen LogP contribution in [0.25, 0.3) is 0 Å². The molecule has 106 valence electrons. The quantitative estimate of drug-likeness (QED) is 0.711. The number of ether oxygens (including phenoxy) is 2. The van der Waals surface area contributed by atoms with Crippen molar-refractivity contribution in [3.05, 3.63) is 0 Å². The van der Waals surface area contributed by atoms with Crippen LogP contribution >= 0.6 is 0 Å². The van der Waals surface area contributed by atoms with E-state index < -0.39 is 0 Å². The number of esters is 1. The molecule has 0 saturated heterocycles. The summed E-state index contributed by atoms with van der Waals surface area (Å²) in [4.78, 5) is 11.7. The highest BCUT2D eigenvalue weighted by Gasteiger charge is 2.26. The van der Waals surface area contributed by atoms with Crippen LogP contribution in [-0.2, 0) is 14.3 Å². The Labute approximate surface area is 110 Å². The molecule has 4 nitrogen and oxygen atoms in total. The van der Waals surface area contributed by atoms with Crippen molar-refractivity contribution in [2.75, 3.05) is 13.2 Å². The fourth-order valence-corrected chi connectivity index (χ4v) is 2.48. The van der Waals surface area contributed by atoms with Crippen LogP contribution in [-0.4, -0.2) is 37.4 Å². The van der Waals surface area contributed by atoms with Gasteiger partial charge in [-0.25, -0.2) is 4.79 Å². The Morgan fingerprint density at radius 2 is 1.89 bits per heavy atom. The monoisotopic (exact) mass is 257 g/mol. The zero-order valence-corrected chi connectivity index (χ0v) is 11.9. The third kappa shape index (κ3) is 4.94. The molecular weight excluding hydrogens is 230 g/mol. The van der Waals surface area contributed by atoms with Gasteiger partial charge in [-0.05, 0) is 45.6 Å². The Morgan fingerprint density at radius 1 is 1.22 bits per heavy atom. The van der Waals surface area contributed by atoms with Crippen molar-refractivity contribution in [1.82, 2.24) is 5.32 Å². The molecular formula is C14H27NO3. The van der Waals surface area contributed by atoms with Gasteiger partial charge in [0.2, 0.25) is 0 Å². The maximum atomic E-state index is 11.7. The number of nitrogens with one attached hydrogen (secondary N) is 1. The van der Waals surface area contributed by atoms with Gasteiger partial charge in [-0.15, -0.1) is 0 Å². The first kappa shape index (κ1) is 15.4. The smallest absolute Gasteiger partial charge is 0.335 e. The molecule has 1 aliphatic carbocycles. The molecule has 1 rings (SSSR count). The Hall–Kier alpha value is -0.610. The number of hydrogen-bond donors (Lipinski definition) is 1. The minimum absolute atomic E-state index is 0.214. The average molecular weight is 257 g/mol. The number of rotatable bonds is 7. The predicted octanol–water partition coefficient (Wildman–Crippen LogP) is 2.27. The summed E-state index contributed by atoms with van der Waals surface area (Å²) in [6.45, 7) is 7.37. The fraction of sp³-hybridized carbons (Fsp3) is 0.929. The molecule has 0 amide bonds. The Balaban J connectivity index is 2.31. The van der Waals surface area contributed by atoms with Crippen LogP contribution in [0.15, 0.2) is 0 Å². The first-order valence-electron chi connectivity index (χ1n) is 7.26. The minimum atomic E-state index is -0.384. The third-order valence-electron chi connectivity index (χ3n) is 3.44. The van der Waals surface area contributed by atoms with E-state index in [1.165, 1.54) is 0 Å². The summed E-state index contributed by atoms with van der Waals surface area (Å²) in [6.07, 6.45) is 4.86. The van der Waals surface area contributed by atoms with E-state index in [1.54, 1.807) is 0 Å². The van der Waals surface area contributed by atoms with Crippen LogP contribution in [0, 0.1) is 0 Å². The molecule has 0 radical (unpaired) electrons. The molecule has 0 aromatic carbocycles. The van der Waals surface area contributed by atoms with E-state index in [4.69, 9.17) is 9.47 Å². The molecule has 0 aromatic heterocycles. The minimum Gasteiger partial charge on any atom is -0.464 e. The van der Waals surface area contributed by atoms with Crippen LogP contribution in [0.1, 0.15) is 52.9 Å². The molecule has 1 atom stereocenters. The molecule has 1 N–H and O–H groups in total. The lowest BCUT2D eigenvalue weighted by Gasteiger charge is -2.30. The van der Waals surface area contributed by atoms with E-state index in [0.29, 0.717) is 19.1 Å². The van der Waals surface area contributed by atoms with Crippen molar-refractivity contribution in [3.63, 3.8) is 0 Å². The van der Waals surface area contributed by atoms with Gasteiger partial charge in [-0.2, -0.15) is 0 Å². The fourth-order valence-electron chi connectivity index (χ4n) is 2.48. The van der Waals surface area contributed by atoms with Crippen molar-refractivity contribution in [2.24, 2.45) is 0 Å². The maximum Gasteiger partial charge on any atom is 0.335 e. The van der Waals surface area contributed by atoms with E-state index >= 15 is 0 Å². The van der Waals surface area contributed by atoms with Gasteiger partial charge < -0.3 is 14.8 Å². The van der Waals surface area contributed by atoms with Gasteiger partial charge in [-0.3, -0.25) is 0 Å². The standard InChI is InChI=1S/C14H27NO3/c1-4-13(14(16)17-6-3)18-12-9-7-11(8-10-12)15-5-2/h11-13,15H,4-10H2,1-3H3. The summed E-state index contributed by atoms with van der Waals surface area (Å²) in [7, 11) is 0. The SMILES string of the molecule is CCNC1CCC(OC(CC)C(=O)OCC)CC1. The van der Waals surface area contributed by atoms with E-state index in [1.807, 2.05) is 13.8 Å². The van der Waals surface area contributed by atoms with Crippen molar-refractivity contribution in [3.8, 4) is 0 Å². The lowest BCUT2D eigenvalue weighted by molar-refractivity contribution is -0.162. The molecule has 0 spiro atoms. The van der Waals surface area contributed by atoms with Gasteiger partial charge in [0.25, 0.3) is 0 Å². The lowest BCUT2D eigenvalue weighted by Crippen LogP contribution is -2.38. The second-order valence-corrected chi connectivity index (χ2v) is 4.82. The molecule has 1 aliphatic rings. The first-order valence-corrected chi connectivity index (χ1v) is 7.26. The number of hydrogen-bond acceptors (Lipinski definition) is 4. The van der Waals surface area contributed by atoms with E-state index in [-0.39, 0.29) is 18.2 Å². The summed E-state index contributed by atoms with van der Waals surface area (Å²) >= 11 is 0. The van der Waals surface area contributed by atoms with E-state index in [2.05, 4.69) is 12.2 Å². The van der Waals surface area contributed by atoms with Crippen LogP contribution in [0.3, 0.4) is 0 Å². The topological polar surface area (TPSA) is 47.6 Å². The summed E-state index contributed by atoms with van der Waals surface area (Å²) in [5, 5.41) is 3.47. The van der Waals surface area contributed by atoms with Crippen LogP contribution in [0.5, 0.6) is 0 Å². The highest BCUT2D eigenvalue weighted by Crippen LogP contribution is 2.23. The Kier molecular flexibility index (Phi) is 7.28. The lowest BCUT2D eigenvalue weighted by atomic mass is 9.93. The van der Waals surface area contributed by atoms with Gasteiger partial charge in [0.15, 0.2) is 6.10 Å². The summed E-state index contributed by atoms with van der Waals surface area (Å²) in [5.41, 5.74) is 0. The number of carbonyl (C=O) groups excluding carboxylic acids is 1. The summed E-state index contributed by atoms with van der Waals surface area (Å²) < 4.78 is 10.9. The molecule has 4 heteroatoms. The number of carbonyl (C=O) groups is 1. The first-order chi connectivity index (χ1) is 8.71. The third-order valence-corrected chi connectivity index (χ3v) is 3.44. The molecule has 0 bridgehead atoms. The summed E-state index contributed by atoms with van der Waals surface area (Å²) in [5.74, 6) is -0.214. The van der Waals surface area contributed by atoms with Gasteiger partial charge in [0.1, 0.15) is 0 Å². The normalized spacial score (nSPS) is 25.7. The van der Waals surface area contributed by atoms with Crippen LogP contribution < -0.4 is 5.32 Å². The van der Waals surface area contributed by atoms with Gasteiger partial charge in [0.05, 0.1) is 12.7 Å².